The number of H-pyrrole nitrogens is 1. The molecule has 0 atom stereocenters. The van der Waals surface area contributed by atoms with Gasteiger partial charge in [0.25, 0.3) is 15.9 Å². The van der Waals surface area contributed by atoms with Crippen LogP contribution in [0.4, 0.5) is 5.69 Å². The van der Waals surface area contributed by atoms with Crippen LogP contribution in [0.1, 0.15) is 20.8 Å². The van der Waals surface area contributed by atoms with Crippen molar-refractivity contribution in [1.82, 2.24) is 10.3 Å². The molecule has 0 bridgehead atoms. The molecule has 8 nitrogen and oxygen atoms in total. The van der Waals surface area contributed by atoms with E-state index < -0.39 is 16.0 Å². The van der Waals surface area contributed by atoms with Gasteiger partial charge in [-0.2, -0.15) is 0 Å². The maximum absolute atomic E-state index is 12.8. The number of aromatic amines is 1. The number of sulfonamides is 1. The first kappa shape index (κ1) is 19.7. The minimum atomic E-state index is -4.10. The van der Waals surface area contributed by atoms with Gasteiger partial charge < -0.3 is 15.0 Å². The van der Waals surface area contributed by atoms with E-state index in [1.807, 2.05) is 0 Å². The van der Waals surface area contributed by atoms with Crippen molar-refractivity contribution < 1.29 is 22.7 Å². The van der Waals surface area contributed by atoms with Crippen molar-refractivity contribution in [3.8, 4) is 0 Å². The Morgan fingerprint density at radius 1 is 1.11 bits per heavy atom. The molecule has 0 aliphatic rings. The summed E-state index contributed by atoms with van der Waals surface area (Å²) in [6.07, 6.45) is 0. The van der Waals surface area contributed by atoms with Crippen molar-refractivity contribution in [3.05, 3.63) is 58.7 Å². The number of nitrogens with one attached hydrogen (secondary N) is 3. The van der Waals surface area contributed by atoms with Gasteiger partial charge in [-0.05, 0) is 42.5 Å². The molecule has 0 aliphatic heterocycles. The Labute approximate surface area is 165 Å². The predicted octanol–water partition coefficient (Wildman–Crippen LogP) is 2.77. The van der Waals surface area contributed by atoms with Crippen LogP contribution in [-0.2, 0) is 14.8 Å². The molecule has 0 fully saturated rings. The number of benzene rings is 2. The number of anilines is 1. The van der Waals surface area contributed by atoms with E-state index >= 15 is 0 Å². The lowest BCUT2D eigenvalue weighted by Gasteiger charge is -2.12. The highest BCUT2D eigenvalue weighted by molar-refractivity contribution is 7.92. The molecule has 2 aromatic carbocycles. The number of fused-ring (bicyclic) bond motifs is 1. The molecule has 0 unspecified atom stereocenters. The Hall–Kier alpha value is -3.04. The molecule has 1 aromatic heterocycles. The summed E-state index contributed by atoms with van der Waals surface area (Å²) in [4.78, 5) is 26.4. The second kappa shape index (κ2) is 7.53. The number of methoxy groups -OCH3 is 1. The van der Waals surface area contributed by atoms with Crippen molar-refractivity contribution in [3.63, 3.8) is 0 Å². The van der Waals surface area contributed by atoms with Gasteiger partial charge in [-0.15, -0.1) is 0 Å². The Bertz CT molecular complexity index is 1190. The normalized spacial score (nSPS) is 11.2. The fraction of sp³-hybridized carbons (Fsp3) is 0.111. The minimum absolute atomic E-state index is 0.174. The fourth-order valence-corrected chi connectivity index (χ4v) is 4.07. The highest BCUT2D eigenvalue weighted by atomic mass is 35.5. The number of hydrogen-bond donors (Lipinski definition) is 3. The van der Waals surface area contributed by atoms with Crippen LogP contribution in [0.3, 0.4) is 0 Å². The van der Waals surface area contributed by atoms with Gasteiger partial charge in [0.05, 0.1) is 12.7 Å². The number of hydrogen-bond acceptors (Lipinski definition) is 5. The number of ether oxygens (including phenoxy) is 1. The van der Waals surface area contributed by atoms with Gasteiger partial charge in [0.1, 0.15) is 10.6 Å². The second-order valence-corrected chi connectivity index (χ2v) is 7.89. The monoisotopic (exact) mass is 421 g/mol. The van der Waals surface area contributed by atoms with Crippen LogP contribution in [0.2, 0.25) is 5.02 Å². The summed E-state index contributed by atoms with van der Waals surface area (Å²) < 4.78 is 32.7. The largest absolute Gasteiger partial charge is 0.465 e. The van der Waals surface area contributed by atoms with Crippen molar-refractivity contribution in [2.75, 3.05) is 18.9 Å². The highest BCUT2D eigenvalue weighted by Gasteiger charge is 2.24. The van der Waals surface area contributed by atoms with E-state index in [4.69, 9.17) is 11.6 Å². The molecular formula is C18H16ClN3O5S. The third kappa shape index (κ3) is 3.80. The first-order valence-electron chi connectivity index (χ1n) is 8.00. The van der Waals surface area contributed by atoms with E-state index in [-0.39, 0.29) is 27.1 Å². The van der Waals surface area contributed by atoms with Gasteiger partial charge in [0.15, 0.2) is 0 Å². The van der Waals surface area contributed by atoms with Crippen molar-refractivity contribution in [1.29, 1.82) is 0 Å². The van der Waals surface area contributed by atoms with Gasteiger partial charge in [-0.25, -0.2) is 13.2 Å². The average Bonchev–Trinajstić information content (AvgIpc) is 3.09. The maximum atomic E-state index is 12.8. The van der Waals surface area contributed by atoms with E-state index in [1.165, 1.54) is 31.3 Å². The zero-order valence-electron chi connectivity index (χ0n) is 14.9. The maximum Gasteiger partial charge on any atom is 0.339 e. The van der Waals surface area contributed by atoms with Gasteiger partial charge in [-0.1, -0.05) is 11.6 Å². The quantitative estimate of drug-likeness (QED) is 0.547. The average molecular weight is 422 g/mol. The summed E-state index contributed by atoms with van der Waals surface area (Å²) in [6, 6.07) is 10.2. The lowest BCUT2D eigenvalue weighted by Crippen LogP contribution is -2.17. The lowest BCUT2D eigenvalue weighted by atomic mass is 10.2. The van der Waals surface area contributed by atoms with Gasteiger partial charge in [0, 0.05) is 28.7 Å². The smallest absolute Gasteiger partial charge is 0.339 e. The standard InChI is InChI=1S/C18H16ClN3O5S/c1-20-17(23)15-8-10-7-12(4-5-14(10)21-15)22-28(25,26)16-6-3-11(19)9-13(16)18(24)27-2/h3-9,21-22H,1-2H3,(H,20,23). The number of carbonyl (C=O) groups is 2. The molecule has 0 spiro atoms. The molecule has 3 rings (SSSR count). The van der Waals surface area contributed by atoms with Crippen molar-refractivity contribution in [2.24, 2.45) is 0 Å². The number of amides is 1. The Balaban J connectivity index is 1.99. The van der Waals surface area contributed by atoms with Gasteiger partial charge >= 0.3 is 5.97 Å². The van der Waals surface area contributed by atoms with Crippen LogP contribution in [0.15, 0.2) is 47.4 Å². The molecule has 28 heavy (non-hydrogen) atoms. The van der Waals surface area contributed by atoms with Crippen LogP contribution in [0.5, 0.6) is 0 Å². The van der Waals surface area contributed by atoms with E-state index in [9.17, 15) is 18.0 Å². The lowest BCUT2D eigenvalue weighted by molar-refractivity contribution is 0.0596. The zero-order valence-corrected chi connectivity index (χ0v) is 16.4. The summed E-state index contributed by atoms with van der Waals surface area (Å²) in [6.45, 7) is 0. The molecular weight excluding hydrogens is 406 g/mol. The Morgan fingerprint density at radius 3 is 2.54 bits per heavy atom. The zero-order chi connectivity index (χ0) is 20.5. The molecule has 1 heterocycles. The molecule has 0 radical (unpaired) electrons. The first-order valence-corrected chi connectivity index (χ1v) is 9.87. The molecule has 0 saturated heterocycles. The summed E-state index contributed by atoms with van der Waals surface area (Å²) in [7, 11) is -1.44. The van der Waals surface area contributed by atoms with E-state index in [1.54, 1.807) is 18.2 Å². The highest BCUT2D eigenvalue weighted by Crippen LogP contribution is 2.26. The van der Waals surface area contributed by atoms with E-state index in [2.05, 4.69) is 19.8 Å². The molecule has 0 saturated carbocycles. The van der Waals surface area contributed by atoms with Crippen LogP contribution in [0.25, 0.3) is 10.9 Å². The fourth-order valence-electron chi connectivity index (χ4n) is 2.67. The summed E-state index contributed by atoms with van der Waals surface area (Å²) in [5.74, 6) is -1.11. The second-order valence-electron chi connectivity index (χ2n) is 5.80. The molecule has 146 valence electrons. The number of esters is 1. The first-order chi connectivity index (χ1) is 13.2. The summed E-state index contributed by atoms with van der Waals surface area (Å²) >= 11 is 5.87. The minimum Gasteiger partial charge on any atom is -0.465 e. The number of rotatable bonds is 5. The SMILES string of the molecule is CNC(=O)c1cc2cc(NS(=O)(=O)c3ccc(Cl)cc3C(=O)OC)ccc2[nH]1. The van der Waals surface area contributed by atoms with Gasteiger partial charge in [-0.3, -0.25) is 9.52 Å². The van der Waals surface area contributed by atoms with Crippen LogP contribution >= 0.6 is 11.6 Å². The van der Waals surface area contributed by atoms with Crippen molar-refractivity contribution in [2.45, 2.75) is 4.90 Å². The molecule has 10 heteroatoms. The predicted molar refractivity (Wildman–Crippen MR) is 105 cm³/mol. The molecule has 3 aromatic rings. The third-order valence-corrected chi connectivity index (χ3v) is 5.66. The van der Waals surface area contributed by atoms with E-state index in [0.717, 1.165) is 7.11 Å². The van der Waals surface area contributed by atoms with Crippen LogP contribution < -0.4 is 10.0 Å². The van der Waals surface area contributed by atoms with Crippen LogP contribution in [-0.4, -0.2) is 39.4 Å². The Kier molecular flexibility index (Phi) is 5.30. The van der Waals surface area contributed by atoms with Crippen LogP contribution in [0, 0.1) is 0 Å². The topological polar surface area (TPSA) is 117 Å². The molecule has 3 N–H and O–H groups in total. The number of carbonyl (C=O) groups excluding carboxylic acids is 2. The summed E-state index contributed by atoms with van der Waals surface area (Å²) in [5.41, 5.74) is 1.11. The number of halogens is 1. The summed E-state index contributed by atoms with van der Waals surface area (Å²) in [5, 5.41) is 3.35. The third-order valence-electron chi connectivity index (χ3n) is 3.98. The van der Waals surface area contributed by atoms with Crippen molar-refractivity contribution >= 4 is 50.1 Å². The number of aromatic nitrogens is 1. The molecule has 0 aliphatic carbocycles. The van der Waals surface area contributed by atoms with E-state index in [0.29, 0.717) is 16.6 Å². The van der Waals surface area contributed by atoms with Gasteiger partial charge in [0.2, 0.25) is 0 Å². The Morgan fingerprint density at radius 2 is 1.86 bits per heavy atom. The molecule has 1 amide bonds.